The zero-order valence-corrected chi connectivity index (χ0v) is 15.1. The van der Waals surface area contributed by atoms with E-state index in [-0.39, 0.29) is 23.7 Å². The van der Waals surface area contributed by atoms with Gasteiger partial charge in [0.1, 0.15) is 10.0 Å². The number of carbonyl (C=O) groups excluding carboxylic acids is 1. The lowest BCUT2D eigenvalue weighted by atomic mass is 9.72. The molecule has 0 aromatic carbocycles. The predicted octanol–water partition coefficient (Wildman–Crippen LogP) is 3.00. The number of aromatic nitrogens is 2. The lowest BCUT2D eigenvalue weighted by Gasteiger charge is -2.35. The molecule has 5 nitrogen and oxygen atoms in total. The molecule has 1 amide bonds. The van der Waals surface area contributed by atoms with Gasteiger partial charge in [0.25, 0.3) is 0 Å². The van der Waals surface area contributed by atoms with Crippen molar-refractivity contribution in [1.29, 1.82) is 0 Å². The van der Waals surface area contributed by atoms with Crippen LogP contribution in [0.5, 0.6) is 0 Å². The Morgan fingerprint density at radius 3 is 2.55 bits per heavy atom. The summed E-state index contributed by atoms with van der Waals surface area (Å²) in [6.07, 6.45) is 6.35. The van der Waals surface area contributed by atoms with E-state index in [1.165, 1.54) is 19.3 Å². The minimum absolute atomic E-state index is 0. The molecule has 0 radical (unpaired) electrons. The maximum Gasteiger partial charge on any atom is 0.220 e. The molecule has 0 saturated heterocycles. The highest BCUT2D eigenvalue weighted by Crippen LogP contribution is 2.38. The average Bonchev–Trinajstić information content (AvgIpc) is 2.95. The van der Waals surface area contributed by atoms with E-state index in [2.05, 4.69) is 29.4 Å². The smallest absolute Gasteiger partial charge is 0.220 e. The molecule has 7 heteroatoms. The van der Waals surface area contributed by atoms with Crippen molar-refractivity contribution in [3.05, 3.63) is 10.0 Å². The highest BCUT2D eigenvalue weighted by molar-refractivity contribution is 7.11. The molecule has 1 aliphatic carbocycles. The third-order valence-electron chi connectivity index (χ3n) is 4.30. The summed E-state index contributed by atoms with van der Waals surface area (Å²) in [5, 5.41) is 13.1. The van der Waals surface area contributed by atoms with Crippen molar-refractivity contribution in [2.45, 2.75) is 64.8 Å². The lowest BCUT2D eigenvalue weighted by Crippen LogP contribution is -2.38. The number of nitrogens with zero attached hydrogens (tertiary/aromatic N) is 2. The molecule has 0 bridgehead atoms. The number of rotatable bonds is 6. The van der Waals surface area contributed by atoms with Gasteiger partial charge in [0.15, 0.2) is 0 Å². The number of carbonyl (C=O) groups is 1. The van der Waals surface area contributed by atoms with Crippen molar-refractivity contribution in [3.63, 3.8) is 0 Å². The zero-order valence-electron chi connectivity index (χ0n) is 13.4. The summed E-state index contributed by atoms with van der Waals surface area (Å²) in [7, 11) is 0. The van der Waals surface area contributed by atoms with Crippen LogP contribution in [-0.4, -0.2) is 22.6 Å². The highest BCUT2D eigenvalue weighted by atomic mass is 35.5. The van der Waals surface area contributed by atoms with Gasteiger partial charge < -0.3 is 11.1 Å². The van der Waals surface area contributed by atoms with E-state index in [9.17, 15) is 4.79 Å². The van der Waals surface area contributed by atoms with Crippen LogP contribution in [0, 0.1) is 5.41 Å². The summed E-state index contributed by atoms with van der Waals surface area (Å²) in [5.74, 6) is 0.471. The molecule has 1 aliphatic rings. The van der Waals surface area contributed by atoms with Gasteiger partial charge in [0.05, 0.1) is 6.54 Å². The van der Waals surface area contributed by atoms with Crippen LogP contribution in [0.25, 0.3) is 0 Å². The van der Waals surface area contributed by atoms with E-state index in [1.807, 2.05) is 0 Å². The number of halogens is 1. The Morgan fingerprint density at radius 2 is 2.00 bits per heavy atom. The first kappa shape index (κ1) is 19.3. The Kier molecular flexibility index (Phi) is 7.72. The Bertz CT molecular complexity index is 472. The summed E-state index contributed by atoms with van der Waals surface area (Å²) in [5.41, 5.74) is 5.95. The van der Waals surface area contributed by atoms with Crippen molar-refractivity contribution in [1.82, 2.24) is 15.5 Å². The molecule has 3 N–H and O–H groups in total. The molecule has 1 heterocycles. The number of hydrogen-bond acceptors (Lipinski definition) is 5. The first-order chi connectivity index (χ1) is 10.0. The fourth-order valence-corrected chi connectivity index (χ4v) is 3.69. The van der Waals surface area contributed by atoms with Gasteiger partial charge in [-0.15, -0.1) is 22.6 Å². The van der Waals surface area contributed by atoms with Crippen molar-refractivity contribution in [2.24, 2.45) is 11.1 Å². The maximum absolute atomic E-state index is 12.2. The largest absolute Gasteiger partial charge is 0.349 e. The molecule has 0 unspecified atom stereocenters. The monoisotopic (exact) mass is 346 g/mol. The second kappa shape index (κ2) is 8.79. The Hall–Kier alpha value is -0.720. The van der Waals surface area contributed by atoms with E-state index < -0.39 is 0 Å². The van der Waals surface area contributed by atoms with Gasteiger partial charge in [0, 0.05) is 12.3 Å². The van der Waals surface area contributed by atoms with Crippen LogP contribution in [-0.2, 0) is 11.3 Å². The average molecular weight is 347 g/mol. The third kappa shape index (κ3) is 5.18. The lowest BCUT2D eigenvalue weighted by molar-refractivity contribution is -0.124. The normalized spacial score (nSPS) is 17.1. The van der Waals surface area contributed by atoms with Gasteiger partial charge in [-0.25, -0.2) is 0 Å². The number of amides is 1. The van der Waals surface area contributed by atoms with Crippen LogP contribution in [0.4, 0.5) is 0 Å². The highest BCUT2D eigenvalue weighted by Gasteiger charge is 2.32. The van der Waals surface area contributed by atoms with Crippen LogP contribution in [0.2, 0.25) is 0 Å². The molecule has 0 atom stereocenters. The van der Waals surface area contributed by atoms with Crippen molar-refractivity contribution < 1.29 is 4.79 Å². The molecule has 126 valence electrons. The summed E-state index contributed by atoms with van der Waals surface area (Å²) >= 11 is 1.57. The topological polar surface area (TPSA) is 80.9 Å². The quantitative estimate of drug-likeness (QED) is 0.829. The standard InChI is InChI=1S/C15H26N4OS.ClH/c1-11(2)14-19-18-13(21-14)9-17-12(20)8-15(10-16)6-4-3-5-7-15;/h11H,3-10,16H2,1-2H3,(H,17,20);1H. The van der Waals surface area contributed by atoms with Gasteiger partial charge in [-0.1, -0.05) is 44.4 Å². The molecule has 1 saturated carbocycles. The molecule has 0 aliphatic heterocycles. The third-order valence-corrected chi connectivity index (χ3v) is 5.52. The van der Waals surface area contributed by atoms with Crippen LogP contribution in [0.15, 0.2) is 0 Å². The Balaban J connectivity index is 0.00000242. The fraction of sp³-hybridized carbons (Fsp3) is 0.800. The van der Waals surface area contributed by atoms with Gasteiger partial charge in [-0.05, 0) is 24.8 Å². The maximum atomic E-state index is 12.2. The van der Waals surface area contributed by atoms with Gasteiger partial charge >= 0.3 is 0 Å². The van der Waals surface area contributed by atoms with E-state index >= 15 is 0 Å². The van der Waals surface area contributed by atoms with Crippen LogP contribution >= 0.6 is 23.7 Å². The molecule has 1 aromatic heterocycles. The predicted molar refractivity (Wildman–Crippen MR) is 92.3 cm³/mol. The summed E-state index contributed by atoms with van der Waals surface area (Å²) in [6, 6.07) is 0. The van der Waals surface area contributed by atoms with E-state index in [0.29, 0.717) is 25.4 Å². The summed E-state index contributed by atoms with van der Waals surface area (Å²) < 4.78 is 0. The van der Waals surface area contributed by atoms with Gasteiger partial charge in [0.2, 0.25) is 5.91 Å². The van der Waals surface area contributed by atoms with E-state index in [0.717, 1.165) is 22.9 Å². The van der Waals surface area contributed by atoms with E-state index in [4.69, 9.17) is 5.73 Å². The molecule has 22 heavy (non-hydrogen) atoms. The molecule has 0 spiro atoms. The van der Waals surface area contributed by atoms with E-state index in [1.54, 1.807) is 11.3 Å². The van der Waals surface area contributed by atoms with Crippen LogP contribution in [0.3, 0.4) is 0 Å². The Morgan fingerprint density at radius 1 is 1.32 bits per heavy atom. The molecule has 2 rings (SSSR count). The van der Waals surface area contributed by atoms with Gasteiger partial charge in [-0.2, -0.15) is 0 Å². The number of nitrogens with one attached hydrogen (secondary N) is 1. The van der Waals surface area contributed by atoms with Crippen LogP contribution < -0.4 is 11.1 Å². The minimum atomic E-state index is 0. The molecular formula is C15H27ClN4OS. The van der Waals surface area contributed by atoms with Crippen molar-refractivity contribution in [3.8, 4) is 0 Å². The summed E-state index contributed by atoms with van der Waals surface area (Å²) in [6.45, 7) is 5.27. The van der Waals surface area contributed by atoms with Crippen LogP contribution in [0.1, 0.15) is 68.3 Å². The first-order valence-corrected chi connectivity index (χ1v) is 8.65. The molecule has 1 fully saturated rings. The van der Waals surface area contributed by atoms with Gasteiger partial charge in [-0.3, -0.25) is 4.79 Å². The second-order valence-electron chi connectivity index (χ2n) is 6.41. The minimum Gasteiger partial charge on any atom is -0.349 e. The SMILES string of the molecule is CC(C)c1nnc(CNC(=O)CC2(CN)CCCCC2)s1.Cl. The molecular weight excluding hydrogens is 320 g/mol. The zero-order chi connectivity index (χ0) is 15.3. The fourth-order valence-electron chi connectivity index (χ4n) is 2.90. The number of nitrogens with two attached hydrogens (primary N) is 1. The summed E-state index contributed by atoms with van der Waals surface area (Å²) in [4.78, 5) is 12.2. The number of hydrogen-bond donors (Lipinski definition) is 2. The Labute approximate surface area is 142 Å². The first-order valence-electron chi connectivity index (χ1n) is 7.84. The van der Waals surface area contributed by atoms with Crippen molar-refractivity contribution in [2.75, 3.05) is 6.54 Å². The second-order valence-corrected chi connectivity index (χ2v) is 7.50. The molecule has 1 aromatic rings. The van der Waals surface area contributed by atoms with Crippen molar-refractivity contribution >= 4 is 29.7 Å².